The van der Waals surface area contributed by atoms with Crippen LogP contribution in [0.15, 0.2) is 18.2 Å². The van der Waals surface area contributed by atoms with Crippen LogP contribution in [0.3, 0.4) is 0 Å². The van der Waals surface area contributed by atoms with Gasteiger partial charge in [-0.1, -0.05) is 18.9 Å². The fourth-order valence-electron chi connectivity index (χ4n) is 5.75. The third kappa shape index (κ3) is 3.21. The Bertz CT molecular complexity index is 899. The van der Waals surface area contributed by atoms with Crippen molar-refractivity contribution in [2.45, 2.75) is 70.8 Å². The largest absolute Gasteiger partial charge is 0.426 e. The van der Waals surface area contributed by atoms with Crippen molar-refractivity contribution in [1.82, 2.24) is 4.31 Å². The number of esters is 1. The van der Waals surface area contributed by atoms with Crippen LogP contribution in [0.25, 0.3) is 0 Å². The number of hydrogen-bond acceptors (Lipinski definition) is 3. The summed E-state index contributed by atoms with van der Waals surface area (Å²) in [6, 6.07) is 6.50. The number of fused-ring (bicyclic) bond motifs is 1. The zero-order valence-corrected chi connectivity index (χ0v) is 18.4. The molecule has 1 heterocycles. The fraction of sp³-hybridized carbons (Fsp3) is 0.652. The van der Waals surface area contributed by atoms with Crippen molar-refractivity contribution in [2.24, 2.45) is 11.3 Å². The summed E-state index contributed by atoms with van der Waals surface area (Å²) in [6.45, 7) is 6.48. The Labute approximate surface area is 169 Å². The van der Waals surface area contributed by atoms with Crippen LogP contribution in [-0.2, 0) is 26.3 Å². The highest BCUT2D eigenvalue weighted by molar-refractivity contribution is 7.97. The molecule has 5 heteroatoms. The van der Waals surface area contributed by atoms with Crippen LogP contribution < -0.4 is 4.74 Å². The number of piperidine rings is 1. The van der Waals surface area contributed by atoms with Crippen molar-refractivity contribution in [3.05, 3.63) is 29.3 Å². The van der Waals surface area contributed by atoms with E-state index in [0.717, 1.165) is 19.4 Å². The predicted octanol–water partition coefficient (Wildman–Crippen LogP) is 3.96. The second-order valence-corrected chi connectivity index (χ2v) is 12.5. The molecule has 4 rings (SSSR count). The van der Waals surface area contributed by atoms with Crippen LogP contribution in [0, 0.1) is 11.3 Å². The minimum atomic E-state index is -2.21. The highest BCUT2D eigenvalue weighted by Crippen LogP contribution is 2.56. The van der Waals surface area contributed by atoms with Crippen molar-refractivity contribution in [3.8, 4) is 5.75 Å². The third-order valence-electron chi connectivity index (χ3n) is 7.08. The molecule has 4 unspecified atom stereocenters. The van der Waals surface area contributed by atoms with E-state index in [9.17, 15) is 9.00 Å². The topological polar surface area (TPSA) is 46.6 Å². The first-order valence-electron chi connectivity index (χ1n) is 10.5. The van der Waals surface area contributed by atoms with Crippen LogP contribution in [0.4, 0.5) is 0 Å². The van der Waals surface area contributed by atoms with E-state index in [-0.39, 0.29) is 11.4 Å². The van der Waals surface area contributed by atoms with Gasteiger partial charge < -0.3 is 4.74 Å². The normalized spacial score (nSPS) is 32.0. The van der Waals surface area contributed by atoms with Crippen molar-refractivity contribution < 1.29 is 13.7 Å². The van der Waals surface area contributed by atoms with Crippen LogP contribution in [0.2, 0.25) is 0 Å². The van der Waals surface area contributed by atoms with E-state index in [4.69, 9.17) is 4.74 Å². The average Bonchev–Trinajstić information content (AvgIpc) is 2.60. The molecule has 1 saturated carbocycles. The first-order chi connectivity index (χ1) is 13.0. The zero-order chi connectivity index (χ0) is 20.3. The predicted molar refractivity (Wildman–Crippen MR) is 115 cm³/mol. The minimum Gasteiger partial charge on any atom is -0.426 e. The highest BCUT2D eigenvalue weighted by Gasteiger charge is 2.54. The van der Waals surface area contributed by atoms with Gasteiger partial charge >= 0.3 is 5.97 Å². The van der Waals surface area contributed by atoms with E-state index in [1.54, 1.807) is 6.26 Å². The van der Waals surface area contributed by atoms with Crippen molar-refractivity contribution in [3.63, 3.8) is 0 Å². The molecule has 1 aromatic rings. The summed E-state index contributed by atoms with van der Waals surface area (Å²) in [5.41, 5.74) is 2.31. The zero-order valence-electron chi connectivity index (χ0n) is 17.6. The Morgan fingerprint density at radius 1 is 1.29 bits per heavy atom. The number of carbonyl (C=O) groups excluding carboxylic acids is 1. The van der Waals surface area contributed by atoms with Gasteiger partial charge in [0.2, 0.25) is 0 Å². The van der Waals surface area contributed by atoms with Gasteiger partial charge in [0.25, 0.3) is 0 Å². The number of nitrogens with zero attached hydrogens (tertiary/aromatic N) is 1. The number of ether oxygens (including phenoxy) is 1. The highest BCUT2D eigenvalue weighted by atomic mass is 32.2. The summed E-state index contributed by atoms with van der Waals surface area (Å²) in [4.78, 5) is 12.4. The van der Waals surface area contributed by atoms with Gasteiger partial charge in [0.15, 0.2) is 0 Å². The molecule has 0 radical (unpaired) electrons. The SMILES string of the molecule is C=S(C)(=O)N1CCC23CCCCC2C1Cc1ccc(OC(=O)C(C)(C)C)cc13. The van der Waals surface area contributed by atoms with E-state index in [1.807, 2.05) is 26.8 Å². The molecule has 4 nitrogen and oxygen atoms in total. The van der Waals surface area contributed by atoms with Gasteiger partial charge in [-0.25, -0.2) is 4.31 Å². The van der Waals surface area contributed by atoms with Gasteiger partial charge in [0, 0.05) is 34.0 Å². The Morgan fingerprint density at radius 3 is 2.71 bits per heavy atom. The summed E-state index contributed by atoms with van der Waals surface area (Å²) < 4.78 is 20.8. The van der Waals surface area contributed by atoms with Crippen LogP contribution in [-0.4, -0.2) is 39.2 Å². The number of rotatable bonds is 2. The smallest absolute Gasteiger partial charge is 0.316 e. The van der Waals surface area contributed by atoms with Crippen molar-refractivity contribution >= 4 is 21.5 Å². The first-order valence-corrected chi connectivity index (χ1v) is 12.6. The Morgan fingerprint density at radius 2 is 2.04 bits per heavy atom. The van der Waals surface area contributed by atoms with Crippen LogP contribution >= 0.6 is 0 Å². The van der Waals surface area contributed by atoms with E-state index in [2.05, 4.69) is 22.3 Å². The maximum Gasteiger partial charge on any atom is 0.316 e. The quantitative estimate of drug-likeness (QED) is 0.427. The number of carbonyl (C=O) groups is 1. The number of hydrogen-bond donors (Lipinski definition) is 0. The molecule has 0 aromatic heterocycles. The molecule has 2 aliphatic carbocycles. The summed E-state index contributed by atoms with van der Waals surface area (Å²) in [6.07, 6.45) is 8.55. The molecule has 1 aliphatic heterocycles. The molecule has 0 amide bonds. The van der Waals surface area contributed by atoms with E-state index < -0.39 is 15.1 Å². The van der Waals surface area contributed by atoms with Crippen LogP contribution in [0.1, 0.15) is 64.0 Å². The summed E-state index contributed by atoms with van der Waals surface area (Å²) in [5.74, 6) is 4.98. The van der Waals surface area contributed by atoms with Crippen LogP contribution in [0.5, 0.6) is 5.75 Å². The molecule has 0 spiro atoms. The van der Waals surface area contributed by atoms with Gasteiger partial charge in [-0.15, -0.1) is 0 Å². The minimum absolute atomic E-state index is 0.127. The second kappa shape index (κ2) is 6.60. The van der Waals surface area contributed by atoms with Gasteiger partial charge in [0.1, 0.15) is 5.75 Å². The van der Waals surface area contributed by atoms with E-state index in [1.165, 1.54) is 36.8 Å². The molecule has 1 aromatic carbocycles. The molecule has 0 N–H and O–H groups in total. The van der Waals surface area contributed by atoms with E-state index in [0.29, 0.717) is 17.7 Å². The standard InChI is InChI=1S/C23H33NO3S/c1-22(2,3)21(25)27-17-10-9-16-14-20-18-8-6-7-11-23(18,19(16)15-17)12-13-24(20)28(4,5)26/h9-10,15,18,20H,4,6-8,11-14H2,1-3,5H3. The Balaban J connectivity index is 1.75. The molecule has 4 atom stereocenters. The lowest BCUT2D eigenvalue weighted by atomic mass is 9.53. The van der Waals surface area contributed by atoms with Crippen molar-refractivity contribution in [2.75, 3.05) is 12.8 Å². The van der Waals surface area contributed by atoms with Gasteiger partial charge in [-0.2, -0.15) is 0 Å². The lowest BCUT2D eigenvalue weighted by Gasteiger charge is -2.59. The first kappa shape index (κ1) is 20.0. The van der Waals surface area contributed by atoms with Gasteiger partial charge in [-0.3, -0.25) is 9.00 Å². The molecule has 3 aliphatic rings. The molecular weight excluding hydrogens is 370 g/mol. The lowest BCUT2D eigenvalue weighted by molar-refractivity contribution is -0.143. The molecule has 2 bridgehead atoms. The number of benzene rings is 1. The molecule has 1 saturated heterocycles. The summed E-state index contributed by atoms with van der Waals surface area (Å²) in [5, 5.41) is 0. The summed E-state index contributed by atoms with van der Waals surface area (Å²) >= 11 is 0. The summed E-state index contributed by atoms with van der Waals surface area (Å²) in [7, 11) is -2.21. The maximum atomic E-state index is 12.9. The van der Waals surface area contributed by atoms with E-state index >= 15 is 0 Å². The Kier molecular flexibility index (Phi) is 4.70. The average molecular weight is 404 g/mol. The molecular formula is C23H33NO3S. The van der Waals surface area contributed by atoms with Crippen molar-refractivity contribution in [1.29, 1.82) is 0 Å². The monoisotopic (exact) mass is 403 g/mol. The molecule has 2 fully saturated rings. The fourth-order valence-corrected chi connectivity index (χ4v) is 7.02. The van der Waals surface area contributed by atoms with Gasteiger partial charge in [0.05, 0.1) is 5.41 Å². The third-order valence-corrected chi connectivity index (χ3v) is 8.52. The lowest BCUT2D eigenvalue weighted by Crippen LogP contribution is -2.61. The maximum absolute atomic E-state index is 12.9. The molecule has 28 heavy (non-hydrogen) atoms. The second-order valence-electron chi connectivity index (χ2n) is 10.1. The van der Waals surface area contributed by atoms with Gasteiger partial charge in [-0.05, 0) is 81.5 Å². The molecule has 154 valence electrons. The Hall–Kier alpha value is -1.33.